The molecule has 1 aromatic heterocycles. The highest BCUT2D eigenvalue weighted by Crippen LogP contribution is 2.34. The fourth-order valence-electron chi connectivity index (χ4n) is 4.27. The third-order valence-corrected chi connectivity index (χ3v) is 7.58. The van der Waals surface area contributed by atoms with Crippen molar-refractivity contribution >= 4 is 52.4 Å². The third kappa shape index (κ3) is 6.68. The number of carboxylic acid groups (broad SMARTS) is 1. The van der Waals surface area contributed by atoms with E-state index in [1.807, 2.05) is 47.8 Å². The van der Waals surface area contributed by atoms with Crippen molar-refractivity contribution in [2.75, 3.05) is 6.61 Å². The first kappa shape index (κ1) is 28.4. The Bertz CT molecular complexity index is 1490. The predicted molar refractivity (Wildman–Crippen MR) is 154 cm³/mol. The molecule has 1 heterocycles. The smallest absolute Gasteiger partial charge is 0.338 e. The fraction of sp³-hybridized carbons (Fsp3) is 0.167. The molecule has 200 valence electrons. The lowest BCUT2D eigenvalue weighted by Crippen LogP contribution is -2.46. The Kier molecular flexibility index (Phi) is 9.41. The number of benzene rings is 3. The molecule has 0 saturated carbocycles. The third-order valence-electron chi connectivity index (χ3n) is 6.13. The second-order valence-corrected chi connectivity index (χ2v) is 10.5. The lowest BCUT2D eigenvalue weighted by atomic mass is 9.99. The number of halogens is 2. The van der Waals surface area contributed by atoms with Gasteiger partial charge in [0.25, 0.3) is 5.91 Å². The summed E-state index contributed by atoms with van der Waals surface area (Å²) >= 11 is 13.8. The molecule has 0 aliphatic carbocycles. The molecule has 0 unspecified atom stereocenters. The second kappa shape index (κ2) is 12.9. The van der Waals surface area contributed by atoms with Crippen LogP contribution in [0.3, 0.4) is 0 Å². The molecule has 1 N–H and O–H groups in total. The van der Waals surface area contributed by atoms with E-state index >= 15 is 0 Å². The highest BCUT2D eigenvalue weighted by atomic mass is 35.5. The number of hydrogen-bond donors (Lipinski definition) is 1. The molecule has 6 nitrogen and oxygen atoms in total. The zero-order valence-corrected chi connectivity index (χ0v) is 23.3. The van der Waals surface area contributed by atoms with Gasteiger partial charge in [0.15, 0.2) is 0 Å². The van der Waals surface area contributed by atoms with Gasteiger partial charge < -0.3 is 14.7 Å². The molecule has 39 heavy (non-hydrogen) atoms. The van der Waals surface area contributed by atoms with Crippen LogP contribution in [0.25, 0.3) is 11.1 Å². The van der Waals surface area contributed by atoms with Gasteiger partial charge in [-0.25, -0.2) is 9.59 Å². The molecule has 0 bridgehead atoms. The van der Waals surface area contributed by atoms with E-state index in [0.29, 0.717) is 26.6 Å². The van der Waals surface area contributed by atoms with E-state index in [4.69, 9.17) is 27.9 Å². The molecule has 3 aromatic carbocycles. The molecule has 0 saturated heterocycles. The van der Waals surface area contributed by atoms with Crippen LogP contribution in [-0.2, 0) is 22.5 Å². The van der Waals surface area contributed by atoms with Gasteiger partial charge in [-0.3, -0.25) is 4.79 Å². The number of rotatable bonds is 10. The Morgan fingerprint density at radius 2 is 1.64 bits per heavy atom. The molecule has 4 aromatic rings. The summed E-state index contributed by atoms with van der Waals surface area (Å²) in [5, 5.41) is 12.6. The normalized spacial score (nSPS) is 11.6. The first-order chi connectivity index (χ1) is 18.8. The molecule has 9 heteroatoms. The van der Waals surface area contributed by atoms with E-state index in [1.165, 1.54) is 34.4 Å². The van der Waals surface area contributed by atoms with Gasteiger partial charge in [0.05, 0.1) is 29.3 Å². The maximum atomic E-state index is 13.9. The first-order valence-electron chi connectivity index (χ1n) is 12.2. The van der Waals surface area contributed by atoms with Gasteiger partial charge in [0, 0.05) is 16.3 Å². The number of aliphatic carboxylic acids is 1. The minimum atomic E-state index is -1.19. The number of carbonyl (C=O) groups excluding carboxylic acids is 2. The SMILES string of the molecule is CCOC(=O)c1ccccc1-c1ccsc1CN(C(=O)c1ccc(Cl)cc1Cl)[C@@H](Cc1ccccc1)C(=O)O. The highest BCUT2D eigenvalue weighted by Gasteiger charge is 2.33. The molecule has 0 aliphatic heterocycles. The number of carboxylic acids is 1. The van der Waals surface area contributed by atoms with Crippen LogP contribution in [-0.4, -0.2) is 40.5 Å². The zero-order chi connectivity index (χ0) is 27.9. The summed E-state index contributed by atoms with van der Waals surface area (Å²) in [5.74, 6) is -2.15. The molecule has 4 rings (SSSR count). The van der Waals surface area contributed by atoms with Crippen molar-refractivity contribution in [2.24, 2.45) is 0 Å². The molecule has 1 atom stereocenters. The Balaban J connectivity index is 1.79. The van der Waals surface area contributed by atoms with Gasteiger partial charge in [-0.15, -0.1) is 11.3 Å². The number of nitrogens with zero attached hydrogens (tertiary/aromatic N) is 1. The minimum absolute atomic E-state index is 0.0221. The number of thiophene rings is 1. The Morgan fingerprint density at radius 1 is 0.923 bits per heavy atom. The number of hydrogen-bond acceptors (Lipinski definition) is 5. The Morgan fingerprint density at radius 3 is 2.33 bits per heavy atom. The van der Waals surface area contributed by atoms with E-state index in [2.05, 4.69) is 0 Å². The van der Waals surface area contributed by atoms with Crippen LogP contribution in [0.15, 0.2) is 84.2 Å². The number of carbonyl (C=O) groups is 3. The molecular weight excluding hydrogens is 557 g/mol. The van der Waals surface area contributed by atoms with Crippen molar-refractivity contribution in [1.29, 1.82) is 0 Å². The molecule has 1 amide bonds. The summed E-state index contributed by atoms with van der Waals surface area (Å²) in [4.78, 5) is 41.2. The predicted octanol–water partition coefficient (Wildman–Crippen LogP) is 7.24. The summed E-state index contributed by atoms with van der Waals surface area (Å²) in [6, 6.07) is 21.3. The number of amides is 1. The summed E-state index contributed by atoms with van der Waals surface area (Å²) in [6.07, 6.45) is 0.0905. The fourth-order valence-corrected chi connectivity index (χ4v) is 5.65. The molecule has 0 radical (unpaired) electrons. The second-order valence-electron chi connectivity index (χ2n) is 8.62. The van der Waals surface area contributed by atoms with Crippen LogP contribution in [0, 0.1) is 0 Å². The van der Waals surface area contributed by atoms with Crippen LogP contribution in [0.2, 0.25) is 10.0 Å². The van der Waals surface area contributed by atoms with Crippen molar-refractivity contribution in [3.63, 3.8) is 0 Å². The van der Waals surface area contributed by atoms with Crippen molar-refractivity contribution < 1.29 is 24.2 Å². The molecule has 0 fully saturated rings. The van der Waals surface area contributed by atoms with E-state index in [9.17, 15) is 19.5 Å². The monoisotopic (exact) mass is 581 g/mol. The van der Waals surface area contributed by atoms with Crippen LogP contribution >= 0.6 is 34.5 Å². The van der Waals surface area contributed by atoms with Crippen LogP contribution < -0.4 is 0 Å². The van der Waals surface area contributed by atoms with E-state index in [0.717, 1.165) is 5.56 Å². The van der Waals surface area contributed by atoms with Gasteiger partial charge in [-0.1, -0.05) is 71.7 Å². The lowest BCUT2D eigenvalue weighted by Gasteiger charge is -2.30. The quantitative estimate of drug-likeness (QED) is 0.199. The number of ether oxygens (including phenoxy) is 1. The maximum Gasteiger partial charge on any atom is 0.338 e. The van der Waals surface area contributed by atoms with Gasteiger partial charge in [-0.2, -0.15) is 0 Å². The van der Waals surface area contributed by atoms with Crippen molar-refractivity contribution in [2.45, 2.75) is 25.9 Å². The van der Waals surface area contributed by atoms with Crippen LogP contribution in [0.4, 0.5) is 0 Å². The van der Waals surface area contributed by atoms with Crippen molar-refractivity contribution in [1.82, 2.24) is 4.90 Å². The van der Waals surface area contributed by atoms with Crippen molar-refractivity contribution in [3.8, 4) is 11.1 Å². The standard InChI is InChI=1S/C30H25Cl2NO5S/c1-2-38-30(37)23-11-7-6-10-21(23)22-14-15-39-27(22)18-33(28(34)24-13-12-20(31)17-25(24)32)26(29(35)36)16-19-8-4-3-5-9-19/h3-15,17,26H,2,16,18H2,1H3,(H,35,36)/t26-/m0/s1. The summed E-state index contributed by atoms with van der Waals surface area (Å²) < 4.78 is 5.24. The average molecular weight is 583 g/mol. The van der Waals surface area contributed by atoms with Crippen LogP contribution in [0.1, 0.15) is 38.1 Å². The van der Waals surface area contributed by atoms with Gasteiger partial charge >= 0.3 is 11.9 Å². The minimum Gasteiger partial charge on any atom is -0.480 e. The average Bonchev–Trinajstić information content (AvgIpc) is 3.39. The molecule has 0 spiro atoms. The lowest BCUT2D eigenvalue weighted by molar-refractivity contribution is -0.142. The number of esters is 1. The van der Waals surface area contributed by atoms with E-state index in [-0.39, 0.29) is 30.2 Å². The maximum absolute atomic E-state index is 13.9. The molecule has 0 aliphatic rings. The van der Waals surface area contributed by atoms with E-state index in [1.54, 1.807) is 25.1 Å². The first-order valence-corrected chi connectivity index (χ1v) is 13.8. The van der Waals surface area contributed by atoms with Gasteiger partial charge in [-0.05, 0) is 59.3 Å². The van der Waals surface area contributed by atoms with Gasteiger partial charge in [0.2, 0.25) is 0 Å². The topological polar surface area (TPSA) is 83.9 Å². The Hall–Kier alpha value is -3.65. The zero-order valence-electron chi connectivity index (χ0n) is 21.0. The highest BCUT2D eigenvalue weighted by molar-refractivity contribution is 7.10. The summed E-state index contributed by atoms with van der Waals surface area (Å²) in [5.41, 5.74) is 2.65. The van der Waals surface area contributed by atoms with Crippen LogP contribution in [0.5, 0.6) is 0 Å². The van der Waals surface area contributed by atoms with Crippen molar-refractivity contribution in [3.05, 3.63) is 116 Å². The van der Waals surface area contributed by atoms with E-state index < -0.39 is 23.9 Å². The summed E-state index contributed by atoms with van der Waals surface area (Å²) in [6.45, 7) is 1.94. The Labute approximate surface area is 240 Å². The largest absolute Gasteiger partial charge is 0.480 e. The molecular formula is C30H25Cl2NO5S. The van der Waals surface area contributed by atoms with Gasteiger partial charge in [0.1, 0.15) is 6.04 Å². The summed E-state index contributed by atoms with van der Waals surface area (Å²) in [7, 11) is 0.